The first kappa shape index (κ1) is 17.8. The lowest BCUT2D eigenvalue weighted by molar-refractivity contribution is -0.296. The van der Waals surface area contributed by atoms with Gasteiger partial charge in [0.05, 0.1) is 5.56 Å². The number of alkyl halides is 6. The molecule has 0 aromatic heterocycles. The van der Waals surface area contributed by atoms with Crippen LogP contribution in [0.1, 0.15) is 17.3 Å². The molecule has 0 atom stereocenters. The number of halogens is 6. The van der Waals surface area contributed by atoms with Gasteiger partial charge in [-0.2, -0.15) is 26.3 Å². The van der Waals surface area contributed by atoms with Crippen LogP contribution in [-0.4, -0.2) is 34.8 Å². The third-order valence-electron chi connectivity index (χ3n) is 2.49. The second-order valence-corrected chi connectivity index (χ2v) is 4.26. The minimum Gasteiger partial charge on any atom is -0.478 e. The molecule has 1 rings (SSSR count). The number of carboxylic acids is 1. The molecule has 4 nitrogen and oxygen atoms in total. The zero-order valence-corrected chi connectivity index (χ0v) is 10.7. The van der Waals surface area contributed by atoms with E-state index in [0.717, 1.165) is 18.2 Å². The van der Waals surface area contributed by atoms with Crippen LogP contribution < -0.4 is 4.74 Å². The number of rotatable bonds is 5. The highest BCUT2D eigenvalue weighted by molar-refractivity contribution is 5.88. The molecule has 0 amide bonds. The largest absolute Gasteiger partial charge is 0.478 e. The van der Waals surface area contributed by atoms with E-state index in [4.69, 9.17) is 5.11 Å². The first-order chi connectivity index (χ1) is 9.80. The predicted molar refractivity (Wildman–Crippen MR) is 59.6 cm³/mol. The van der Waals surface area contributed by atoms with Crippen LogP contribution in [0.5, 0.6) is 5.75 Å². The smallest absolute Gasteiger partial charge is 0.411 e. The van der Waals surface area contributed by atoms with Gasteiger partial charge in [0, 0.05) is 6.92 Å². The average Bonchev–Trinajstić information content (AvgIpc) is 2.37. The van der Waals surface area contributed by atoms with E-state index in [1.54, 1.807) is 0 Å². The van der Waals surface area contributed by atoms with E-state index in [-0.39, 0.29) is 0 Å². The standard InChI is InChI=1S/C12H8F6O4/c1-10(13,14)12(17,18)11(15,16)9(21)22-7-4-2-3-6(5-7)8(19)20/h2-5H,1H3,(H,19,20). The molecule has 22 heavy (non-hydrogen) atoms. The Balaban J connectivity index is 3.06. The number of ether oxygens (including phenoxy) is 1. The normalized spacial score (nSPS) is 12.9. The van der Waals surface area contributed by atoms with E-state index < -0.39 is 47.9 Å². The molecular weight excluding hydrogens is 322 g/mol. The summed E-state index contributed by atoms with van der Waals surface area (Å²) in [6.45, 7) is -0.473. The minimum atomic E-state index is -5.98. The molecule has 0 heterocycles. The summed E-state index contributed by atoms with van der Waals surface area (Å²) in [6, 6.07) is 3.41. The Morgan fingerprint density at radius 3 is 2.09 bits per heavy atom. The Labute approximate surface area is 119 Å². The SMILES string of the molecule is CC(F)(F)C(F)(F)C(F)(F)C(=O)Oc1cccc(C(=O)O)c1. The van der Waals surface area contributed by atoms with Gasteiger partial charge in [-0.15, -0.1) is 0 Å². The number of carbonyl (C=O) groups excluding carboxylic acids is 1. The molecular formula is C12H8F6O4. The number of carboxylic acid groups (broad SMARTS) is 1. The monoisotopic (exact) mass is 330 g/mol. The summed E-state index contributed by atoms with van der Waals surface area (Å²) in [6.07, 6.45) is 0. The van der Waals surface area contributed by atoms with Crippen molar-refractivity contribution in [3.05, 3.63) is 29.8 Å². The topological polar surface area (TPSA) is 63.6 Å². The van der Waals surface area contributed by atoms with Gasteiger partial charge in [0.2, 0.25) is 0 Å². The Morgan fingerprint density at radius 2 is 1.64 bits per heavy atom. The van der Waals surface area contributed by atoms with Crippen molar-refractivity contribution in [3.63, 3.8) is 0 Å². The maximum atomic E-state index is 13.2. The number of carbonyl (C=O) groups is 2. The molecule has 0 saturated carbocycles. The fourth-order valence-corrected chi connectivity index (χ4v) is 1.27. The van der Waals surface area contributed by atoms with Gasteiger partial charge in [-0.25, -0.2) is 9.59 Å². The molecule has 0 aliphatic rings. The van der Waals surface area contributed by atoms with E-state index in [0.29, 0.717) is 6.07 Å². The molecule has 1 aromatic carbocycles. The summed E-state index contributed by atoms with van der Waals surface area (Å²) in [5, 5.41) is 8.63. The van der Waals surface area contributed by atoms with Crippen LogP contribution in [0.4, 0.5) is 26.3 Å². The Kier molecular flexibility index (Phi) is 4.45. The van der Waals surface area contributed by atoms with Gasteiger partial charge >= 0.3 is 29.7 Å². The van der Waals surface area contributed by atoms with Gasteiger partial charge in [-0.1, -0.05) is 6.07 Å². The van der Waals surface area contributed by atoms with Gasteiger partial charge in [-0.05, 0) is 18.2 Å². The fourth-order valence-electron chi connectivity index (χ4n) is 1.27. The molecule has 1 N–H and O–H groups in total. The lowest BCUT2D eigenvalue weighted by Crippen LogP contribution is -2.57. The van der Waals surface area contributed by atoms with Crippen LogP contribution >= 0.6 is 0 Å². The van der Waals surface area contributed by atoms with Gasteiger partial charge in [0.25, 0.3) is 0 Å². The highest BCUT2D eigenvalue weighted by Crippen LogP contribution is 2.46. The highest BCUT2D eigenvalue weighted by Gasteiger charge is 2.74. The fraction of sp³-hybridized carbons (Fsp3) is 0.333. The zero-order valence-electron chi connectivity index (χ0n) is 10.7. The summed E-state index contributed by atoms with van der Waals surface area (Å²) in [5.41, 5.74) is -0.485. The highest BCUT2D eigenvalue weighted by atomic mass is 19.3. The molecule has 10 heteroatoms. The molecule has 0 spiro atoms. The van der Waals surface area contributed by atoms with Crippen LogP contribution in [0.2, 0.25) is 0 Å². The van der Waals surface area contributed by atoms with Crippen LogP contribution in [0.15, 0.2) is 24.3 Å². The molecule has 0 aliphatic carbocycles. The van der Waals surface area contributed by atoms with Crippen molar-refractivity contribution in [3.8, 4) is 5.75 Å². The number of aromatic carboxylic acids is 1. The summed E-state index contributed by atoms with van der Waals surface area (Å²) in [5.74, 6) is -22.2. The van der Waals surface area contributed by atoms with Crippen molar-refractivity contribution >= 4 is 11.9 Å². The molecule has 0 unspecified atom stereocenters. The first-order valence-corrected chi connectivity index (χ1v) is 5.50. The maximum Gasteiger partial charge on any atom is 0.411 e. The molecule has 0 bridgehead atoms. The third kappa shape index (κ3) is 3.15. The lowest BCUT2D eigenvalue weighted by Gasteiger charge is -2.28. The van der Waals surface area contributed by atoms with Crippen LogP contribution in [-0.2, 0) is 4.79 Å². The molecule has 0 radical (unpaired) electrons. The summed E-state index contributed by atoms with van der Waals surface area (Å²) in [4.78, 5) is 21.7. The second-order valence-electron chi connectivity index (χ2n) is 4.26. The van der Waals surface area contributed by atoms with Gasteiger partial charge in [0.1, 0.15) is 5.75 Å². The van der Waals surface area contributed by atoms with Crippen molar-refractivity contribution in [2.24, 2.45) is 0 Å². The van der Waals surface area contributed by atoms with Crippen molar-refractivity contribution < 1.29 is 45.8 Å². The van der Waals surface area contributed by atoms with Gasteiger partial charge < -0.3 is 9.84 Å². The van der Waals surface area contributed by atoms with Crippen molar-refractivity contribution in [2.75, 3.05) is 0 Å². The summed E-state index contributed by atoms with van der Waals surface area (Å²) < 4.78 is 81.4. The predicted octanol–water partition coefficient (Wildman–Crippen LogP) is 3.22. The number of benzene rings is 1. The lowest BCUT2D eigenvalue weighted by atomic mass is 10.1. The number of hydrogen-bond acceptors (Lipinski definition) is 3. The quantitative estimate of drug-likeness (QED) is 0.511. The summed E-state index contributed by atoms with van der Waals surface area (Å²) in [7, 11) is 0. The molecule has 0 fully saturated rings. The third-order valence-corrected chi connectivity index (χ3v) is 2.49. The van der Waals surface area contributed by atoms with E-state index in [2.05, 4.69) is 4.74 Å². The molecule has 0 aliphatic heterocycles. The van der Waals surface area contributed by atoms with Crippen LogP contribution in [0, 0.1) is 0 Å². The number of hydrogen-bond donors (Lipinski definition) is 1. The molecule has 122 valence electrons. The first-order valence-electron chi connectivity index (χ1n) is 5.50. The zero-order chi connectivity index (χ0) is 17.3. The molecule has 1 aromatic rings. The van der Waals surface area contributed by atoms with E-state index in [1.165, 1.54) is 0 Å². The average molecular weight is 330 g/mol. The minimum absolute atomic E-state index is 0.473. The Bertz CT molecular complexity index is 594. The van der Waals surface area contributed by atoms with E-state index in [1.807, 2.05) is 0 Å². The second kappa shape index (κ2) is 5.50. The van der Waals surface area contributed by atoms with Gasteiger partial charge in [-0.3, -0.25) is 0 Å². The summed E-state index contributed by atoms with van der Waals surface area (Å²) >= 11 is 0. The van der Waals surface area contributed by atoms with Crippen LogP contribution in [0.3, 0.4) is 0 Å². The van der Waals surface area contributed by atoms with Gasteiger partial charge in [0.15, 0.2) is 0 Å². The van der Waals surface area contributed by atoms with E-state index >= 15 is 0 Å². The van der Waals surface area contributed by atoms with Crippen LogP contribution in [0.25, 0.3) is 0 Å². The molecule has 0 saturated heterocycles. The van der Waals surface area contributed by atoms with Crippen molar-refractivity contribution in [2.45, 2.75) is 24.7 Å². The van der Waals surface area contributed by atoms with E-state index in [9.17, 15) is 35.9 Å². The Morgan fingerprint density at radius 1 is 1.09 bits per heavy atom. The number of esters is 1. The van der Waals surface area contributed by atoms with Crippen molar-refractivity contribution in [1.29, 1.82) is 0 Å². The van der Waals surface area contributed by atoms with Crippen molar-refractivity contribution in [1.82, 2.24) is 0 Å². The Hall–Kier alpha value is -2.26. The maximum absolute atomic E-state index is 13.2.